The Bertz CT molecular complexity index is 671. The zero-order valence-electron chi connectivity index (χ0n) is 12.2. The van der Waals surface area contributed by atoms with E-state index in [9.17, 15) is 4.79 Å². The van der Waals surface area contributed by atoms with Gasteiger partial charge in [0.1, 0.15) is 0 Å². The Kier molecular flexibility index (Phi) is 4.59. The zero-order valence-corrected chi connectivity index (χ0v) is 13.8. The lowest BCUT2D eigenvalue weighted by molar-refractivity contribution is -0.130. The molecule has 2 aromatic rings. The third-order valence-corrected chi connectivity index (χ3v) is 4.51. The Labute approximate surface area is 137 Å². The molecule has 1 atom stereocenters. The minimum absolute atomic E-state index is 0.118. The van der Waals surface area contributed by atoms with Crippen molar-refractivity contribution in [2.75, 3.05) is 13.1 Å². The predicted octanol–water partition coefficient (Wildman–Crippen LogP) is 2.60. The van der Waals surface area contributed by atoms with Crippen molar-refractivity contribution in [3.63, 3.8) is 0 Å². The number of hydrogen-bond acceptors (Lipinski definition) is 4. The molecule has 1 aromatic carbocycles. The molecule has 3 rings (SSSR count). The number of nitrogens with two attached hydrogens (primary N) is 1. The van der Waals surface area contributed by atoms with E-state index in [0.29, 0.717) is 31.0 Å². The van der Waals surface area contributed by atoms with E-state index in [0.717, 1.165) is 23.0 Å². The molecule has 2 heterocycles. The van der Waals surface area contributed by atoms with Crippen LogP contribution in [0.5, 0.6) is 0 Å². The van der Waals surface area contributed by atoms with Crippen LogP contribution < -0.4 is 5.73 Å². The normalized spacial score (nSPS) is 17.9. The number of rotatable bonds is 4. The smallest absolute Gasteiger partial charge is 0.223 e. The molecular weight excluding hydrogens is 346 g/mol. The number of aryl methyl sites for hydroxylation is 1. The zero-order chi connectivity index (χ0) is 15.5. The largest absolute Gasteiger partial charge is 0.441 e. The summed E-state index contributed by atoms with van der Waals surface area (Å²) in [7, 11) is 0. The second kappa shape index (κ2) is 6.62. The number of benzene rings is 1. The third-order valence-electron chi connectivity index (χ3n) is 3.82. The van der Waals surface area contributed by atoms with Crippen LogP contribution in [0.3, 0.4) is 0 Å². The van der Waals surface area contributed by atoms with E-state index in [4.69, 9.17) is 10.2 Å². The van der Waals surface area contributed by atoms with E-state index >= 15 is 0 Å². The van der Waals surface area contributed by atoms with Gasteiger partial charge >= 0.3 is 0 Å². The van der Waals surface area contributed by atoms with Gasteiger partial charge in [-0.05, 0) is 12.5 Å². The number of oxazole rings is 1. The standard InChI is InChI=1S/C16H18BrN3O2/c17-13-4-2-1-3-12(13)14-9-19-15(22-14)5-6-16(21)20-8-7-11(18)10-20/h1-4,9,11H,5-8,10,18H2. The van der Waals surface area contributed by atoms with Crippen molar-refractivity contribution >= 4 is 21.8 Å². The molecule has 1 unspecified atom stereocenters. The Balaban J connectivity index is 1.60. The van der Waals surface area contributed by atoms with Crippen LogP contribution in [0.1, 0.15) is 18.7 Å². The first-order chi connectivity index (χ1) is 10.6. The molecule has 1 fully saturated rings. The molecule has 22 heavy (non-hydrogen) atoms. The van der Waals surface area contributed by atoms with Crippen LogP contribution in [-0.2, 0) is 11.2 Å². The van der Waals surface area contributed by atoms with Gasteiger partial charge in [0, 0.05) is 42.0 Å². The van der Waals surface area contributed by atoms with E-state index < -0.39 is 0 Å². The molecule has 1 aliphatic rings. The number of halogens is 1. The van der Waals surface area contributed by atoms with E-state index in [1.54, 1.807) is 6.20 Å². The van der Waals surface area contributed by atoms with Crippen LogP contribution in [0.15, 0.2) is 39.4 Å². The van der Waals surface area contributed by atoms with Crippen molar-refractivity contribution in [3.8, 4) is 11.3 Å². The lowest BCUT2D eigenvalue weighted by Gasteiger charge is -2.14. The fourth-order valence-corrected chi connectivity index (χ4v) is 3.08. The summed E-state index contributed by atoms with van der Waals surface area (Å²) in [6, 6.07) is 7.93. The molecule has 0 saturated carbocycles. The van der Waals surface area contributed by atoms with Gasteiger partial charge in [-0.25, -0.2) is 4.98 Å². The summed E-state index contributed by atoms with van der Waals surface area (Å²) in [5, 5.41) is 0. The SMILES string of the molecule is NC1CCN(C(=O)CCc2ncc(-c3ccccc3Br)o2)C1. The first kappa shape index (κ1) is 15.2. The Morgan fingerprint density at radius 1 is 1.45 bits per heavy atom. The molecule has 5 nitrogen and oxygen atoms in total. The van der Waals surface area contributed by atoms with Crippen molar-refractivity contribution in [3.05, 3.63) is 40.8 Å². The van der Waals surface area contributed by atoms with E-state index in [-0.39, 0.29) is 11.9 Å². The van der Waals surface area contributed by atoms with Gasteiger partial charge in [0.25, 0.3) is 0 Å². The number of likely N-dealkylation sites (tertiary alicyclic amines) is 1. The first-order valence-corrected chi connectivity index (χ1v) is 8.16. The maximum Gasteiger partial charge on any atom is 0.223 e. The van der Waals surface area contributed by atoms with Gasteiger partial charge in [0.05, 0.1) is 6.20 Å². The van der Waals surface area contributed by atoms with Crippen molar-refractivity contribution in [2.45, 2.75) is 25.3 Å². The summed E-state index contributed by atoms with van der Waals surface area (Å²) in [5.41, 5.74) is 6.78. The molecule has 0 radical (unpaired) electrons. The molecule has 1 aliphatic heterocycles. The number of hydrogen-bond donors (Lipinski definition) is 1. The number of amides is 1. The average molecular weight is 364 g/mol. The molecule has 1 aromatic heterocycles. The fraction of sp³-hybridized carbons (Fsp3) is 0.375. The number of carbonyl (C=O) groups excluding carboxylic acids is 1. The number of nitrogens with zero attached hydrogens (tertiary/aromatic N) is 2. The van der Waals surface area contributed by atoms with E-state index in [2.05, 4.69) is 20.9 Å². The molecule has 1 saturated heterocycles. The van der Waals surface area contributed by atoms with Gasteiger partial charge in [0.2, 0.25) is 5.91 Å². The van der Waals surface area contributed by atoms with Crippen LogP contribution in [0, 0.1) is 0 Å². The maximum absolute atomic E-state index is 12.1. The van der Waals surface area contributed by atoms with Crippen LogP contribution in [0.4, 0.5) is 0 Å². The number of carbonyl (C=O) groups is 1. The van der Waals surface area contributed by atoms with Crippen molar-refractivity contribution < 1.29 is 9.21 Å². The van der Waals surface area contributed by atoms with Gasteiger partial charge in [0.15, 0.2) is 11.7 Å². The fourth-order valence-electron chi connectivity index (χ4n) is 2.60. The van der Waals surface area contributed by atoms with Crippen LogP contribution in [0.2, 0.25) is 0 Å². The van der Waals surface area contributed by atoms with Gasteiger partial charge < -0.3 is 15.1 Å². The molecule has 2 N–H and O–H groups in total. The molecule has 116 valence electrons. The minimum atomic E-state index is 0.118. The lowest BCUT2D eigenvalue weighted by Crippen LogP contribution is -2.31. The van der Waals surface area contributed by atoms with Gasteiger partial charge in [-0.1, -0.05) is 34.1 Å². The summed E-state index contributed by atoms with van der Waals surface area (Å²) in [6.45, 7) is 1.42. The van der Waals surface area contributed by atoms with E-state index in [1.165, 1.54) is 0 Å². The molecule has 0 spiro atoms. The summed E-state index contributed by atoms with van der Waals surface area (Å²) >= 11 is 3.49. The first-order valence-electron chi connectivity index (χ1n) is 7.36. The van der Waals surface area contributed by atoms with Crippen molar-refractivity contribution in [1.29, 1.82) is 0 Å². The highest BCUT2D eigenvalue weighted by molar-refractivity contribution is 9.10. The molecule has 1 amide bonds. The maximum atomic E-state index is 12.1. The third kappa shape index (κ3) is 3.39. The second-order valence-corrected chi connectivity index (χ2v) is 6.34. The minimum Gasteiger partial charge on any atom is -0.441 e. The predicted molar refractivity (Wildman–Crippen MR) is 87.1 cm³/mol. The summed E-state index contributed by atoms with van der Waals surface area (Å²) < 4.78 is 6.71. The molecule has 0 bridgehead atoms. The molecule has 0 aliphatic carbocycles. The highest BCUT2D eigenvalue weighted by atomic mass is 79.9. The quantitative estimate of drug-likeness (QED) is 0.905. The van der Waals surface area contributed by atoms with Gasteiger partial charge in [-0.15, -0.1) is 0 Å². The summed E-state index contributed by atoms with van der Waals surface area (Å²) in [6.07, 6.45) is 3.50. The van der Waals surface area contributed by atoms with E-state index in [1.807, 2.05) is 29.2 Å². The Hall–Kier alpha value is -1.66. The van der Waals surface area contributed by atoms with Gasteiger partial charge in [-0.2, -0.15) is 0 Å². The topological polar surface area (TPSA) is 72.4 Å². The highest BCUT2D eigenvalue weighted by Gasteiger charge is 2.23. The highest BCUT2D eigenvalue weighted by Crippen LogP contribution is 2.28. The van der Waals surface area contributed by atoms with Crippen LogP contribution in [-0.4, -0.2) is 34.9 Å². The monoisotopic (exact) mass is 363 g/mol. The summed E-state index contributed by atoms with van der Waals surface area (Å²) in [5.74, 6) is 1.41. The number of aromatic nitrogens is 1. The lowest BCUT2D eigenvalue weighted by atomic mass is 10.2. The second-order valence-electron chi connectivity index (χ2n) is 5.49. The Morgan fingerprint density at radius 2 is 2.27 bits per heavy atom. The van der Waals surface area contributed by atoms with Crippen LogP contribution in [0.25, 0.3) is 11.3 Å². The summed E-state index contributed by atoms with van der Waals surface area (Å²) in [4.78, 5) is 18.2. The molecular formula is C16H18BrN3O2. The van der Waals surface area contributed by atoms with Crippen LogP contribution >= 0.6 is 15.9 Å². The van der Waals surface area contributed by atoms with Gasteiger partial charge in [-0.3, -0.25) is 4.79 Å². The average Bonchev–Trinajstić information content (AvgIpc) is 3.14. The molecule has 6 heteroatoms. The van der Waals surface area contributed by atoms with Crippen molar-refractivity contribution in [2.24, 2.45) is 5.73 Å². The Morgan fingerprint density at radius 3 is 3.00 bits per heavy atom. The van der Waals surface area contributed by atoms with Crippen molar-refractivity contribution in [1.82, 2.24) is 9.88 Å².